The molecule has 20 heavy (non-hydrogen) atoms. The number of anilines is 1. The zero-order valence-electron chi connectivity index (χ0n) is 12.5. The van der Waals surface area contributed by atoms with Gasteiger partial charge >= 0.3 is 0 Å². The highest BCUT2D eigenvalue weighted by atomic mass is 16.5. The fourth-order valence-electron chi connectivity index (χ4n) is 2.21. The Morgan fingerprint density at radius 2 is 1.60 bits per heavy atom. The van der Waals surface area contributed by atoms with Gasteiger partial charge in [0.05, 0.1) is 12.1 Å². The van der Waals surface area contributed by atoms with E-state index in [0.29, 0.717) is 6.04 Å². The lowest BCUT2D eigenvalue weighted by molar-refractivity contribution is 0.242. The lowest BCUT2D eigenvalue weighted by Crippen LogP contribution is -2.10. The van der Waals surface area contributed by atoms with Gasteiger partial charge in [0.15, 0.2) is 0 Å². The van der Waals surface area contributed by atoms with Crippen molar-refractivity contribution in [1.82, 2.24) is 0 Å². The van der Waals surface area contributed by atoms with Crippen molar-refractivity contribution >= 4 is 5.69 Å². The van der Waals surface area contributed by atoms with E-state index >= 15 is 0 Å². The molecule has 2 heteroatoms. The monoisotopic (exact) mass is 269 g/mol. The van der Waals surface area contributed by atoms with Crippen LogP contribution in [0.15, 0.2) is 54.6 Å². The SMILES string of the molecule is CC[C@@H](Nc1ccccc1)c1ccc(OC(C)C)cc1. The first kappa shape index (κ1) is 14.4. The van der Waals surface area contributed by atoms with Gasteiger partial charge in [-0.3, -0.25) is 0 Å². The lowest BCUT2D eigenvalue weighted by Gasteiger charge is -2.19. The van der Waals surface area contributed by atoms with Crippen molar-refractivity contribution < 1.29 is 4.74 Å². The number of nitrogens with one attached hydrogen (secondary N) is 1. The summed E-state index contributed by atoms with van der Waals surface area (Å²) in [6.45, 7) is 6.28. The zero-order valence-corrected chi connectivity index (χ0v) is 12.5. The second-order valence-electron chi connectivity index (χ2n) is 5.21. The van der Waals surface area contributed by atoms with Crippen LogP contribution in [0.25, 0.3) is 0 Å². The van der Waals surface area contributed by atoms with Gasteiger partial charge in [-0.05, 0) is 50.1 Å². The summed E-state index contributed by atoms with van der Waals surface area (Å²) in [6.07, 6.45) is 1.25. The summed E-state index contributed by atoms with van der Waals surface area (Å²) in [5, 5.41) is 3.56. The molecule has 0 aromatic heterocycles. The number of hydrogen-bond donors (Lipinski definition) is 1. The molecular weight excluding hydrogens is 246 g/mol. The Kier molecular flexibility index (Phi) is 5.05. The van der Waals surface area contributed by atoms with Gasteiger partial charge < -0.3 is 10.1 Å². The Bertz CT molecular complexity index is 505. The normalized spacial score (nSPS) is 12.2. The van der Waals surface area contributed by atoms with Gasteiger partial charge in [-0.2, -0.15) is 0 Å². The highest BCUT2D eigenvalue weighted by Gasteiger charge is 2.09. The van der Waals surface area contributed by atoms with Crippen LogP contribution in [0.4, 0.5) is 5.69 Å². The summed E-state index contributed by atoms with van der Waals surface area (Å²) in [5.74, 6) is 0.929. The quantitative estimate of drug-likeness (QED) is 0.793. The number of rotatable bonds is 6. The molecule has 0 aliphatic rings. The van der Waals surface area contributed by atoms with Crippen LogP contribution in [-0.2, 0) is 0 Å². The molecule has 2 aromatic carbocycles. The van der Waals surface area contributed by atoms with Gasteiger partial charge in [-0.25, -0.2) is 0 Å². The molecule has 0 saturated carbocycles. The molecule has 0 amide bonds. The Morgan fingerprint density at radius 1 is 0.950 bits per heavy atom. The third-order valence-corrected chi connectivity index (χ3v) is 3.18. The van der Waals surface area contributed by atoms with Crippen molar-refractivity contribution in [1.29, 1.82) is 0 Å². The molecule has 2 aromatic rings. The lowest BCUT2D eigenvalue weighted by atomic mass is 10.0. The van der Waals surface area contributed by atoms with Gasteiger partial charge in [0.1, 0.15) is 5.75 Å². The fourth-order valence-corrected chi connectivity index (χ4v) is 2.21. The summed E-state index contributed by atoms with van der Waals surface area (Å²) in [6, 6.07) is 19.0. The summed E-state index contributed by atoms with van der Waals surface area (Å²) >= 11 is 0. The molecule has 0 aliphatic heterocycles. The molecule has 0 spiro atoms. The molecule has 0 saturated heterocycles. The molecule has 0 radical (unpaired) electrons. The molecule has 2 rings (SSSR count). The minimum atomic E-state index is 0.213. The predicted octanol–water partition coefficient (Wildman–Crippen LogP) is 5.04. The molecule has 2 nitrogen and oxygen atoms in total. The average molecular weight is 269 g/mol. The molecule has 1 N–H and O–H groups in total. The number of ether oxygens (including phenoxy) is 1. The first-order valence-electron chi connectivity index (χ1n) is 7.27. The molecular formula is C18H23NO. The van der Waals surface area contributed by atoms with Crippen molar-refractivity contribution in [2.75, 3.05) is 5.32 Å². The number of para-hydroxylation sites is 1. The second kappa shape index (κ2) is 6.99. The van der Waals surface area contributed by atoms with Crippen LogP contribution < -0.4 is 10.1 Å². The zero-order chi connectivity index (χ0) is 14.4. The topological polar surface area (TPSA) is 21.3 Å². The molecule has 106 valence electrons. The standard InChI is InChI=1S/C18H23NO/c1-4-18(19-16-8-6-5-7-9-16)15-10-12-17(13-11-15)20-14(2)3/h5-14,18-19H,4H2,1-3H3/t18-/m1/s1. The van der Waals surface area contributed by atoms with E-state index in [9.17, 15) is 0 Å². The van der Waals surface area contributed by atoms with Crippen LogP contribution in [0, 0.1) is 0 Å². The Labute approximate surface area is 121 Å². The molecule has 0 unspecified atom stereocenters. The minimum Gasteiger partial charge on any atom is -0.491 e. The average Bonchev–Trinajstić information content (AvgIpc) is 2.46. The molecule has 0 heterocycles. The Balaban J connectivity index is 2.07. The van der Waals surface area contributed by atoms with Crippen LogP contribution in [0.1, 0.15) is 38.8 Å². The second-order valence-corrected chi connectivity index (χ2v) is 5.21. The van der Waals surface area contributed by atoms with Crippen molar-refractivity contribution in [3.05, 3.63) is 60.2 Å². The van der Waals surface area contributed by atoms with Crippen molar-refractivity contribution in [2.24, 2.45) is 0 Å². The maximum atomic E-state index is 5.68. The first-order valence-corrected chi connectivity index (χ1v) is 7.27. The molecule has 0 fully saturated rings. The minimum absolute atomic E-state index is 0.213. The highest BCUT2D eigenvalue weighted by molar-refractivity contribution is 5.45. The van der Waals surface area contributed by atoms with Crippen LogP contribution in [-0.4, -0.2) is 6.10 Å². The maximum absolute atomic E-state index is 5.68. The largest absolute Gasteiger partial charge is 0.491 e. The third-order valence-electron chi connectivity index (χ3n) is 3.18. The van der Waals surface area contributed by atoms with Crippen LogP contribution in [0.2, 0.25) is 0 Å². The van der Waals surface area contributed by atoms with Gasteiger partial charge in [0.25, 0.3) is 0 Å². The van der Waals surface area contributed by atoms with E-state index in [1.165, 1.54) is 5.56 Å². The van der Waals surface area contributed by atoms with E-state index in [4.69, 9.17) is 4.74 Å². The van der Waals surface area contributed by atoms with Gasteiger partial charge in [-0.15, -0.1) is 0 Å². The van der Waals surface area contributed by atoms with E-state index in [1.54, 1.807) is 0 Å². The van der Waals surface area contributed by atoms with Gasteiger partial charge in [0, 0.05) is 5.69 Å². The summed E-state index contributed by atoms with van der Waals surface area (Å²) in [5.41, 5.74) is 2.44. The summed E-state index contributed by atoms with van der Waals surface area (Å²) in [7, 11) is 0. The van der Waals surface area contributed by atoms with Crippen molar-refractivity contribution in [3.8, 4) is 5.75 Å². The Morgan fingerprint density at radius 3 is 2.15 bits per heavy atom. The fraction of sp³-hybridized carbons (Fsp3) is 0.333. The Hall–Kier alpha value is -1.96. The summed E-state index contributed by atoms with van der Waals surface area (Å²) in [4.78, 5) is 0. The van der Waals surface area contributed by atoms with E-state index in [0.717, 1.165) is 17.9 Å². The van der Waals surface area contributed by atoms with E-state index in [-0.39, 0.29) is 6.10 Å². The van der Waals surface area contributed by atoms with E-state index < -0.39 is 0 Å². The van der Waals surface area contributed by atoms with Crippen LogP contribution in [0.5, 0.6) is 5.75 Å². The number of hydrogen-bond acceptors (Lipinski definition) is 2. The van der Waals surface area contributed by atoms with Gasteiger partial charge in [0.2, 0.25) is 0 Å². The predicted molar refractivity (Wildman–Crippen MR) is 85.3 cm³/mol. The highest BCUT2D eigenvalue weighted by Crippen LogP contribution is 2.24. The van der Waals surface area contributed by atoms with Crippen molar-refractivity contribution in [2.45, 2.75) is 39.3 Å². The maximum Gasteiger partial charge on any atom is 0.119 e. The molecule has 0 aliphatic carbocycles. The van der Waals surface area contributed by atoms with Crippen LogP contribution >= 0.6 is 0 Å². The molecule has 0 bridgehead atoms. The van der Waals surface area contributed by atoms with Crippen molar-refractivity contribution in [3.63, 3.8) is 0 Å². The smallest absolute Gasteiger partial charge is 0.119 e. The van der Waals surface area contributed by atoms with E-state index in [2.05, 4.69) is 48.6 Å². The third kappa shape index (κ3) is 4.02. The number of benzene rings is 2. The summed E-state index contributed by atoms with van der Waals surface area (Å²) < 4.78 is 5.68. The molecule has 1 atom stereocenters. The first-order chi connectivity index (χ1) is 9.69. The van der Waals surface area contributed by atoms with E-state index in [1.807, 2.05) is 32.0 Å². The van der Waals surface area contributed by atoms with Gasteiger partial charge in [-0.1, -0.05) is 37.3 Å². The van der Waals surface area contributed by atoms with Crippen LogP contribution in [0.3, 0.4) is 0 Å².